The number of para-hydroxylation sites is 1. The Bertz CT molecular complexity index is 784. The van der Waals surface area contributed by atoms with E-state index >= 15 is 0 Å². The fraction of sp³-hybridized carbons (Fsp3) is 0.294. The highest BCUT2D eigenvalue weighted by Gasteiger charge is 2.22. The molecule has 1 atom stereocenters. The van der Waals surface area contributed by atoms with E-state index in [1.165, 1.54) is 11.3 Å². The van der Waals surface area contributed by atoms with Crippen molar-refractivity contribution in [1.29, 1.82) is 0 Å². The van der Waals surface area contributed by atoms with Crippen molar-refractivity contribution in [3.05, 3.63) is 35.9 Å². The number of carbonyl (C=O) groups is 2. The highest BCUT2D eigenvalue weighted by molar-refractivity contribution is 7.20. The van der Waals surface area contributed by atoms with Crippen LogP contribution >= 0.6 is 11.3 Å². The molecule has 25 heavy (non-hydrogen) atoms. The molecule has 1 saturated heterocycles. The topological polar surface area (TPSA) is 116 Å². The van der Waals surface area contributed by atoms with Crippen LogP contribution in [0.1, 0.15) is 23.2 Å². The molecule has 3 amide bonds. The molecule has 0 bridgehead atoms. The Morgan fingerprint density at radius 2 is 2.12 bits per heavy atom. The summed E-state index contributed by atoms with van der Waals surface area (Å²) in [6, 6.07) is 7.82. The van der Waals surface area contributed by atoms with Gasteiger partial charge in [0.05, 0.1) is 5.56 Å². The predicted molar refractivity (Wildman–Crippen MR) is 98.0 cm³/mol. The van der Waals surface area contributed by atoms with Crippen molar-refractivity contribution in [3.8, 4) is 16.2 Å². The van der Waals surface area contributed by atoms with Gasteiger partial charge in [-0.1, -0.05) is 12.1 Å². The zero-order valence-electron chi connectivity index (χ0n) is 13.5. The molecule has 0 saturated carbocycles. The fourth-order valence-electron chi connectivity index (χ4n) is 2.82. The molecular formula is C17H20N4O3S. The van der Waals surface area contributed by atoms with E-state index in [1.807, 2.05) is 0 Å². The largest absolute Gasteiger partial charge is 0.507 e. The molecule has 8 heteroatoms. The molecule has 132 valence electrons. The second-order valence-corrected chi connectivity index (χ2v) is 6.93. The summed E-state index contributed by atoms with van der Waals surface area (Å²) < 4.78 is 0. The number of amides is 3. The van der Waals surface area contributed by atoms with Gasteiger partial charge in [-0.15, -0.1) is 11.3 Å². The summed E-state index contributed by atoms with van der Waals surface area (Å²) in [5, 5.41) is 19.1. The molecule has 1 aromatic carbocycles. The van der Waals surface area contributed by atoms with Crippen LogP contribution in [0, 0.1) is 0 Å². The average molecular weight is 360 g/mol. The number of phenols is 1. The number of nitrogens with two attached hydrogens (primary N) is 1. The summed E-state index contributed by atoms with van der Waals surface area (Å²) in [4.78, 5) is 24.6. The van der Waals surface area contributed by atoms with Gasteiger partial charge in [0.1, 0.15) is 10.8 Å². The number of aromatic hydroxyl groups is 1. The number of phenolic OH excluding ortho intramolecular Hbond substituents is 1. The summed E-state index contributed by atoms with van der Waals surface area (Å²) in [5.41, 5.74) is 6.16. The maximum atomic E-state index is 12.7. The van der Waals surface area contributed by atoms with Crippen molar-refractivity contribution in [2.75, 3.05) is 18.4 Å². The molecule has 6 N–H and O–H groups in total. The molecule has 2 heterocycles. The highest BCUT2D eigenvalue weighted by atomic mass is 32.1. The molecule has 7 nitrogen and oxygen atoms in total. The molecule has 0 unspecified atom stereocenters. The normalized spacial score (nSPS) is 17.0. The van der Waals surface area contributed by atoms with Gasteiger partial charge in [-0.05, 0) is 37.6 Å². The van der Waals surface area contributed by atoms with E-state index in [4.69, 9.17) is 5.73 Å². The number of carbonyl (C=O) groups excluding carboxylic acids is 2. The lowest BCUT2D eigenvalue weighted by molar-refractivity contribution is 0.0932. The van der Waals surface area contributed by atoms with Crippen LogP contribution in [-0.4, -0.2) is 36.2 Å². The van der Waals surface area contributed by atoms with Crippen molar-refractivity contribution >= 4 is 28.3 Å². The van der Waals surface area contributed by atoms with E-state index in [2.05, 4.69) is 16.0 Å². The number of benzene rings is 1. The number of primary amides is 1. The maximum Gasteiger partial charge on any atom is 0.317 e. The standard InChI is InChI=1S/C17H20N4O3S/c18-17(24)21-16-12(15(23)20-10-4-3-7-19-9-10)8-14(25-16)11-5-1-2-6-13(11)22/h1-2,5-6,8,10,19,22H,3-4,7,9H2,(H,20,23)(H3,18,21,24)/t10-/m0/s1. The van der Waals surface area contributed by atoms with Gasteiger partial charge >= 0.3 is 6.03 Å². The molecule has 3 rings (SSSR count). The summed E-state index contributed by atoms with van der Waals surface area (Å²) in [6.45, 7) is 1.68. The maximum absolute atomic E-state index is 12.7. The van der Waals surface area contributed by atoms with Gasteiger partial charge in [-0.3, -0.25) is 10.1 Å². The first-order valence-corrected chi connectivity index (χ1v) is 8.86. The van der Waals surface area contributed by atoms with Crippen LogP contribution < -0.4 is 21.7 Å². The van der Waals surface area contributed by atoms with E-state index in [9.17, 15) is 14.7 Å². The predicted octanol–water partition coefficient (Wildman–Crippen LogP) is 2.09. The SMILES string of the molecule is NC(=O)Nc1sc(-c2ccccc2O)cc1C(=O)N[C@H]1CCCNC1. The Morgan fingerprint density at radius 3 is 2.80 bits per heavy atom. The third-order valence-corrected chi connectivity index (χ3v) is 5.10. The molecular weight excluding hydrogens is 340 g/mol. The Kier molecular flexibility index (Phi) is 5.20. The lowest BCUT2D eigenvalue weighted by atomic mass is 10.1. The van der Waals surface area contributed by atoms with Gasteiger partial charge < -0.3 is 21.5 Å². The number of hydrogen-bond acceptors (Lipinski definition) is 5. The number of rotatable bonds is 4. The van der Waals surface area contributed by atoms with Gasteiger partial charge in [0.25, 0.3) is 5.91 Å². The summed E-state index contributed by atoms with van der Waals surface area (Å²) in [5.74, 6) is -0.159. The van der Waals surface area contributed by atoms with Crippen molar-refractivity contribution in [2.24, 2.45) is 5.73 Å². The number of urea groups is 1. The first kappa shape index (κ1) is 17.2. The van der Waals surface area contributed by atoms with Crippen LogP contribution in [0.15, 0.2) is 30.3 Å². The second-order valence-electron chi connectivity index (χ2n) is 5.88. The second kappa shape index (κ2) is 7.54. The van der Waals surface area contributed by atoms with Crippen molar-refractivity contribution in [1.82, 2.24) is 10.6 Å². The van der Waals surface area contributed by atoms with Gasteiger partial charge in [-0.2, -0.15) is 0 Å². The molecule has 1 fully saturated rings. The van der Waals surface area contributed by atoms with Crippen LogP contribution in [0.4, 0.5) is 9.80 Å². The minimum Gasteiger partial charge on any atom is -0.507 e. The Balaban J connectivity index is 1.89. The van der Waals surface area contributed by atoms with Gasteiger partial charge in [0, 0.05) is 23.0 Å². The Morgan fingerprint density at radius 1 is 1.32 bits per heavy atom. The number of thiophene rings is 1. The van der Waals surface area contributed by atoms with E-state index in [1.54, 1.807) is 30.3 Å². The third kappa shape index (κ3) is 4.09. The minimum atomic E-state index is -0.737. The molecule has 1 aliphatic heterocycles. The van der Waals surface area contributed by atoms with Crippen molar-refractivity contribution < 1.29 is 14.7 Å². The van der Waals surface area contributed by atoms with E-state index in [0.717, 1.165) is 25.9 Å². The van der Waals surface area contributed by atoms with Crippen LogP contribution in [0.25, 0.3) is 10.4 Å². The van der Waals surface area contributed by atoms with Crippen LogP contribution in [-0.2, 0) is 0 Å². The number of piperidine rings is 1. The minimum absolute atomic E-state index is 0.0520. The van der Waals surface area contributed by atoms with Crippen LogP contribution in [0.3, 0.4) is 0 Å². The van der Waals surface area contributed by atoms with Gasteiger partial charge in [0.2, 0.25) is 0 Å². The van der Waals surface area contributed by atoms with Gasteiger partial charge in [0.15, 0.2) is 0 Å². The molecule has 2 aromatic rings. The van der Waals surface area contributed by atoms with E-state index < -0.39 is 6.03 Å². The quantitative estimate of drug-likeness (QED) is 0.574. The number of nitrogens with one attached hydrogen (secondary N) is 3. The third-order valence-electron chi connectivity index (χ3n) is 4.02. The monoisotopic (exact) mass is 360 g/mol. The molecule has 0 aliphatic carbocycles. The number of hydrogen-bond donors (Lipinski definition) is 5. The lowest BCUT2D eigenvalue weighted by Gasteiger charge is -2.23. The summed E-state index contributed by atoms with van der Waals surface area (Å²) in [7, 11) is 0. The molecule has 0 spiro atoms. The Hall–Kier alpha value is -2.58. The molecule has 1 aliphatic rings. The molecule has 0 radical (unpaired) electrons. The summed E-state index contributed by atoms with van der Waals surface area (Å²) >= 11 is 1.20. The lowest BCUT2D eigenvalue weighted by Crippen LogP contribution is -2.45. The van der Waals surface area contributed by atoms with E-state index in [0.29, 0.717) is 21.0 Å². The Labute approximate surface area is 149 Å². The zero-order valence-corrected chi connectivity index (χ0v) is 14.4. The van der Waals surface area contributed by atoms with Crippen LogP contribution in [0.5, 0.6) is 5.75 Å². The van der Waals surface area contributed by atoms with E-state index in [-0.39, 0.29) is 17.7 Å². The first-order chi connectivity index (χ1) is 12.0. The van der Waals surface area contributed by atoms with Gasteiger partial charge in [-0.25, -0.2) is 4.79 Å². The molecule has 1 aromatic heterocycles. The average Bonchev–Trinajstić information content (AvgIpc) is 2.99. The summed E-state index contributed by atoms with van der Waals surface area (Å²) in [6.07, 6.45) is 1.91. The van der Waals surface area contributed by atoms with Crippen LogP contribution in [0.2, 0.25) is 0 Å². The van der Waals surface area contributed by atoms with Crippen molar-refractivity contribution in [2.45, 2.75) is 18.9 Å². The highest BCUT2D eigenvalue weighted by Crippen LogP contribution is 2.39. The van der Waals surface area contributed by atoms with Crippen molar-refractivity contribution in [3.63, 3.8) is 0 Å². The first-order valence-electron chi connectivity index (χ1n) is 8.05. The fourth-order valence-corrected chi connectivity index (χ4v) is 3.91. The zero-order chi connectivity index (χ0) is 17.8. The number of anilines is 1. The smallest absolute Gasteiger partial charge is 0.317 e.